The van der Waals surface area contributed by atoms with Crippen molar-refractivity contribution >= 4 is 17.5 Å². The van der Waals surface area contributed by atoms with E-state index in [0.29, 0.717) is 23.0 Å². The third-order valence-corrected chi connectivity index (χ3v) is 3.85. The lowest BCUT2D eigenvalue weighted by Crippen LogP contribution is -2.44. The van der Waals surface area contributed by atoms with Crippen molar-refractivity contribution in [1.82, 2.24) is 10.3 Å². The molecule has 2 rings (SSSR count). The van der Waals surface area contributed by atoms with Gasteiger partial charge in [-0.1, -0.05) is 24.4 Å². The maximum atomic E-state index is 12.1. The summed E-state index contributed by atoms with van der Waals surface area (Å²) in [4.78, 5) is 16.0. The van der Waals surface area contributed by atoms with Crippen LogP contribution in [0.15, 0.2) is 18.5 Å². The van der Waals surface area contributed by atoms with E-state index in [1.54, 1.807) is 12.3 Å². The summed E-state index contributed by atoms with van der Waals surface area (Å²) in [7, 11) is 0. The number of hydrogen-bond acceptors (Lipinski definition) is 3. The van der Waals surface area contributed by atoms with Crippen molar-refractivity contribution < 1.29 is 4.79 Å². The predicted molar refractivity (Wildman–Crippen MR) is 71.5 cm³/mol. The Kier molecular flexibility index (Phi) is 4.55. The number of halogens is 1. The molecular formula is C13H18ClN3O. The second kappa shape index (κ2) is 6.16. The molecule has 0 radical (unpaired) electrons. The normalized spacial score (nSPS) is 23.7. The summed E-state index contributed by atoms with van der Waals surface area (Å²) < 4.78 is 0. The molecule has 0 bridgehead atoms. The van der Waals surface area contributed by atoms with Gasteiger partial charge in [-0.05, 0) is 31.4 Å². The Morgan fingerprint density at radius 1 is 1.50 bits per heavy atom. The van der Waals surface area contributed by atoms with Gasteiger partial charge in [0.2, 0.25) is 0 Å². The van der Waals surface area contributed by atoms with Gasteiger partial charge in [-0.25, -0.2) is 0 Å². The molecular weight excluding hydrogens is 250 g/mol. The van der Waals surface area contributed by atoms with Crippen LogP contribution >= 0.6 is 11.6 Å². The predicted octanol–water partition coefficient (Wildman–Crippen LogP) is 1.98. The third kappa shape index (κ3) is 3.00. The molecule has 1 heterocycles. The number of pyridine rings is 1. The molecule has 1 aromatic heterocycles. The van der Waals surface area contributed by atoms with Gasteiger partial charge in [0.1, 0.15) is 0 Å². The van der Waals surface area contributed by atoms with E-state index in [0.717, 1.165) is 19.3 Å². The molecule has 0 aliphatic heterocycles. The number of rotatable bonds is 3. The highest BCUT2D eigenvalue weighted by molar-refractivity contribution is 6.33. The highest BCUT2D eigenvalue weighted by Gasteiger charge is 2.26. The Morgan fingerprint density at radius 2 is 2.28 bits per heavy atom. The lowest BCUT2D eigenvalue weighted by Gasteiger charge is -2.31. The largest absolute Gasteiger partial charge is 0.349 e. The zero-order valence-electron chi connectivity index (χ0n) is 10.2. The van der Waals surface area contributed by atoms with E-state index >= 15 is 0 Å². The van der Waals surface area contributed by atoms with E-state index in [9.17, 15) is 4.79 Å². The molecule has 18 heavy (non-hydrogen) atoms. The first kappa shape index (κ1) is 13.3. The van der Waals surface area contributed by atoms with Crippen molar-refractivity contribution in [1.29, 1.82) is 0 Å². The number of aromatic nitrogens is 1. The Labute approximate surface area is 112 Å². The molecule has 1 saturated carbocycles. The molecule has 1 fully saturated rings. The molecule has 1 aromatic rings. The van der Waals surface area contributed by atoms with Gasteiger partial charge in [-0.3, -0.25) is 9.78 Å². The topological polar surface area (TPSA) is 68.0 Å². The third-order valence-electron chi connectivity index (χ3n) is 3.55. The van der Waals surface area contributed by atoms with Crippen LogP contribution < -0.4 is 11.1 Å². The quantitative estimate of drug-likeness (QED) is 0.880. The number of nitrogens with one attached hydrogen (secondary N) is 1. The minimum atomic E-state index is -0.132. The van der Waals surface area contributed by atoms with Crippen LogP contribution in [0, 0.1) is 5.92 Å². The monoisotopic (exact) mass is 267 g/mol. The van der Waals surface area contributed by atoms with Crippen LogP contribution in [-0.4, -0.2) is 23.5 Å². The molecule has 1 aliphatic rings. The van der Waals surface area contributed by atoms with Crippen molar-refractivity contribution in [3.63, 3.8) is 0 Å². The first-order valence-corrected chi connectivity index (χ1v) is 6.70. The molecule has 4 nitrogen and oxygen atoms in total. The van der Waals surface area contributed by atoms with Crippen LogP contribution in [0.25, 0.3) is 0 Å². The van der Waals surface area contributed by atoms with Crippen molar-refractivity contribution in [3.05, 3.63) is 29.0 Å². The number of carbonyl (C=O) groups excluding carboxylic acids is 1. The second-order valence-corrected chi connectivity index (χ2v) is 5.12. The van der Waals surface area contributed by atoms with Gasteiger partial charge in [0.15, 0.2) is 0 Å². The van der Waals surface area contributed by atoms with Gasteiger partial charge in [0.05, 0.1) is 10.6 Å². The van der Waals surface area contributed by atoms with Crippen molar-refractivity contribution in [2.45, 2.75) is 31.7 Å². The fourth-order valence-corrected chi connectivity index (χ4v) is 2.69. The van der Waals surface area contributed by atoms with Crippen molar-refractivity contribution in [2.24, 2.45) is 11.7 Å². The van der Waals surface area contributed by atoms with Crippen LogP contribution in [0.2, 0.25) is 5.02 Å². The summed E-state index contributed by atoms with van der Waals surface area (Å²) in [6, 6.07) is 1.80. The molecule has 5 heteroatoms. The first-order valence-electron chi connectivity index (χ1n) is 6.33. The summed E-state index contributed by atoms with van der Waals surface area (Å²) in [5.74, 6) is 0.246. The average Bonchev–Trinajstić information content (AvgIpc) is 2.39. The lowest BCUT2D eigenvalue weighted by atomic mass is 9.84. The average molecular weight is 268 g/mol. The van der Waals surface area contributed by atoms with Crippen LogP contribution in [0.1, 0.15) is 36.0 Å². The van der Waals surface area contributed by atoms with Gasteiger partial charge in [-0.2, -0.15) is 0 Å². The SMILES string of the molecule is NCC1CCCCC1NC(=O)c1ccncc1Cl. The number of amides is 1. The van der Waals surface area contributed by atoms with Crippen LogP contribution in [-0.2, 0) is 0 Å². The molecule has 1 amide bonds. The summed E-state index contributed by atoms with van der Waals surface area (Å²) in [6.07, 6.45) is 7.48. The zero-order chi connectivity index (χ0) is 13.0. The smallest absolute Gasteiger partial charge is 0.253 e. The highest BCUT2D eigenvalue weighted by Crippen LogP contribution is 2.24. The standard InChI is InChI=1S/C13H18ClN3O/c14-11-8-16-6-5-10(11)13(18)17-12-4-2-1-3-9(12)7-15/h5-6,8-9,12H,1-4,7,15H2,(H,17,18). The number of carbonyl (C=O) groups is 1. The number of hydrogen-bond donors (Lipinski definition) is 2. The highest BCUT2D eigenvalue weighted by atomic mass is 35.5. The van der Waals surface area contributed by atoms with E-state index in [4.69, 9.17) is 17.3 Å². The van der Waals surface area contributed by atoms with Crippen molar-refractivity contribution in [3.8, 4) is 0 Å². The van der Waals surface area contributed by atoms with Gasteiger partial charge in [0, 0.05) is 18.4 Å². The van der Waals surface area contributed by atoms with Gasteiger partial charge < -0.3 is 11.1 Å². The summed E-state index contributed by atoms with van der Waals surface area (Å²) in [5.41, 5.74) is 6.23. The summed E-state index contributed by atoms with van der Waals surface area (Å²) in [6.45, 7) is 0.620. The van der Waals surface area contributed by atoms with Gasteiger partial charge >= 0.3 is 0 Å². The van der Waals surface area contributed by atoms with Gasteiger partial charge in [-0.15, -0.1) is 0 Å². The fraction of sp³-hybridized carbons (Fsp3) is 0.538. The minimum absolute atomic E-state index is 0.132. The zero-order valence-corrected chi connectivity index (χ0v) is 11.0. The Hall–Kier alpha value is -1.13. The van der Waals surface area contributed by atoms with E-state index < -0.39 is 0 Å². The van der Waals surface area contributed by atoms with E-state index in [1.165, 1.54) is 12.6 Å². The lowest BCUT2D eigenvalue weighted by molar-refractivity contribution is 0.0908. The second-order valence-electron chi connectivity index (χ2n) is 4.72. The van der Waals surface area contributed by atoms with Gasteiger partial charge in [0.25, 0.3) is 5.91 Å². The minimum Gasteiger partial charge on any atom is -0.349 e. The van der Waals surface area contributed by atoms with Crippen LogP contribution in [0.3, 0.4) is 0 Å². The van der Waals surface area contributed by atoms with Crippen molar-refractivity contribution in [2.75, 3.05) is 6.54 Å². The molecule has 98 valence electrons. The fourth-order valence-electron chi connectivity index (χ4n) is 2.49. The molecule has 0 aromatic carbocycles. The molecule has 2 atom stereocenters. The first-order chi connectivity index (χ1) is 8.72. The maximum Gasteiger partial charge on any atom is 0.253 e. The maximum absolute atomic E-state index is 12.1. The number of nitrogens with two attached hydrogens (primary N) is 1. The Morgan fingerprint density at radius 3 is 3.00 bits per heavy atom. The molecule has 3 N–H and O–H groups in total. The van der Waals surface area contributed by atoms with E-state index in [2.05, 4.69) is 10.3 Å². The summed E-state index contributed by atoms with van der Waals surface area (Å²) in [5, 5.41) is 3.43. The van der Waals surface area contributed by atoms with E-state index in [-0.39, 0.29) is 11.9 Å². The summed E-state index contributed by atoms with van der Waals surface area (Å²) >= 11 is 5.96. The Bertz CT molecular complexity index is 424. The molecule has 0 spiro atoms. The molecule has 0 saturated heterocycles. The number of nitrogens with zero attached hydrogens (tertiary/aromatic N) is 1. The molecule has 2 unspecified atom stereocenters. The Balaban J connectivity index is 2.04. The van der Waals surface area contributed by atoms with E-state index in [1.807, 2.05) is 0 Å². The van der Waals surface area contributed by atoms with Crippen LogP contribution in [0.4, 0.5) is 0 Å². The molecule has 1 aliphatic carbocycles. The van der Waals surface area contributed by atoms with Crippen LogP contribution in [0.5, 0.6) is 0 Å².